The number of alkyl halides is 1. The van der Waals surface area contributed by atoms with Crippen LogP contribution in [0.5, 0.6) is 11.6 Å². The van der Waals surface area contributed by atoms with Crippen LogP contribution in [0.4, 0.5) is 0 Å². The number of hydrogen-bond donors (Lipinski definition) is 0. The summed E-state index contributed by atoms with van der Waals surface area (Å²) in [5, 5.41) is 0.771. The van der Waals surface area contributed by atoms with Gasteiger partial charge in [-0.05, 0) is 18.2 Å². The third kappa shape index (κ3) is 5.68. The minimum absolute atomic E-state index is 0.0676. The van der Waals surface area contributed by atoms with E-state index in [1.807, 2.05) is 30.3 Å². The van der Waals surface area contributed by atoms with Crippen molar-refractivity contribution in [3.63, 3.8) is 0 Å². The van der Waals surface area contributed by atoms with Crippen LogP contribution in [-0.4, -0.2) is 19.2 Å². The van der Waals surface area contributed by atoms with Crippen molar-refractivity contribution in [1.82, 2.24) is 4.98 Å². The van der Waals surface area contributed by atoms with E-state index in [0.29, 0.717) is 5.88 Å². The Morgan fingerprint density at radius 2 is 1.59 bits per heavy atom. The lowest BCUT2D eigenvalue weighted by Crippen LogP contribution is -2.14. The zero-order valence-corrected chi connectivity index (χ0v) is 15.5. The van der Waals surface area contributed by atoms with Crippen molar-refractivity contribution in [2.75, 3.05) is 14.2 Å². The van der Waals surface area contributed by atoms with Gasteiger partial charge in [0.15, 0.2) is 0 Å². The first-order valence-corrected chi connectivity index (χ1v) is 8.24. The quantitative estimate of drug-likeness (QED) is 0.718. The summed E-state index contributed by atoms with van der Waals surface area (Å²) in [5.41, 5.74) is 2.21. The van der Waals surface area contributed by atoms with Gasteiger partial charge >= 0.3 is 0 Å². The van der Waals surface area contributed by atoms with E-state index in [-0.39, 0.29) is 5.41 Å². The summed E-state index contributed by atoms with van der Waals surface area (Å²) >= 11 is 3.40. The lowest BCUT2D eigenvalue weighted by Gasteiger charge is -2.19. The average molecular weight is 366 g/mol. The van der Waals surface area contributed by atoms with Crippen molar-refractivity contribution in [1.29, 1.82) is 0 Å². The van der Waals surface area contributed by atoms with E-state index in [1.54, 1.807) is 14.2 Å². The first-order valence-electron chi connectivity index (χ1n) is 7.11. The number of aromatic nitrogens is 1. The number of para-hydroxylation sites is 1. The van der Waals surface area contributed by atoms with Gasteiger partial charge in [-0.1, -0.05) is 61.0 Å². The van der Waals surface area contributed by atoms with E-state index < -0.39 is 0 Å². The van der Waals surface area contributed by atoms with E-state index in [9.17, 15) is 0 Å². The van der Waals surface area contributed by atoms with Crippen molar-refractivity contribution in [2.45, 2.75) is 31.5 Å². The molecule has 3 nitrogen and oxygen atoms in total. The Morgan fingerprint density at radius 3 is 2.00 bits per heavy atom. The molecule has 0 fully saturated rings. The Morgan fingerprint density at radius 1 is 0.955 bits per heavy atom. The van der Waals surface area contributed by atoms with E-state index in [4.69, 9.17) is 9.47 Å². The van der Waals surface area contributed by atoms with Crippen molar-refractivity contribution < 1.29 is 9.47 Å². The fourth-order valence-corrected chi connectivity index (χ4v) is 2.15. The van der Waals surface area contributed by atoms with Crippen LogP contribution in [0.1, 0.15) is 32.0 Å². The van der Waals surface area contributed by atoms with Crippen molar-refractivity contribution in [3.05, 3.63) is 53.7 Å². The molecule has 0 aliphatic heterocycles. The molecule has 1 heterocycles. The van der Waals surface area contributed by atoms with Crippen LogP contribution in [0.25, 0.3) is 0 Å². The first-order chi connectivity index (χ1) is 10.4. The summed E-state index contributed by atoms with van der Waals surface area (Å²) in [7, 11) is 3.32. The topological polar surface area (TPSA) is 31.4 Å². The Balaban J connectivity index is 0.000000255. The number of benzene rings is 1. The maximum atomic E-state index is 5.23. The lowest BCUT2D eigenvalue weighted by atomic mass is 9.91. The van der Waals surface area contributed by atoms with E-state index in [1.165, 1.54) is 0 Å². The van der Waals surface area contributed by atoms with Crippen molar-refractivity contribution in [2.24, 2.45) is 0 Å². The molecule has 0 unspecified atom stereocenters. The summed E-state index contributed by atoms with van der Waals surface area (Å²) in [6.45, 7) is 6.42. The van der Waals surface area contributed by atoms with Gasteiger partial charge < -0.3 is 9.47 Å². The highest BCUT2D eigenvalue weighted by molar-refractivity contribution is 9.08. The Hall–Kier alpha value is -1.55. The second-order valence-electron chi connectivity index (χ2n) is 5.77. The molecule has 22 heavy (non-hydrogen) atoms. The highest BCUT2D eigenvalue weighted by Crippen LogP contribution is 2.25. The summed E-state index contributed by atoms with van der Waals surface area (Å²) in [6.07, 6.45) is 0. The summed E-state index contributed by atoms with van der Waals surface area (Å²) in [6, 6.07) is 13.8. The molecule has 0 aliphatic carbocycles. The van der Waals surface area contributed by atoms with Crippen LogP contribution < -0.4 is 9.47 Å². The third-order valence-electron chi connectivity index (χ3n) is 3.02. The molecule has 0 bridgehead atoms. The highest BCUT2D eigenvalue weighted by atomic mass is 79.9. The predicted octanol–water partition coefficient (Wildman–Crippen LogP) is 4.98. The fraction of sp³-hybridized carbons (Fsp3) is 0.389. The maximum Gasteiger partial charge on any atom is 0.217 e. The predicted molar refractivity (Wildman–Crippen MR) is 95.1 cm³/mol. The molecular formula is C18H24BrNO2. The molecule has 0 spiro atoms. The molecule has 0 amide bonds. The van der Waals surface area contributed by atoms with Gasteiger partial charge in [0.1, 0.15) is 5.75 Å². The van der Waals surface area contributed by atoms with Gasteiger partial charge in [-0.2, -0.15) is 0 Å². The number of nitrogens with zero attached hydrogens (tertiary/aromatic N) is 1. The summed E-state index contributed by atoms with van der Waals surface area (Å²) < 4.78 is 10.1. The van der Waals surface area contributed by atoms with Crippen LogP contribution in [0.15, 0.2) is 42.5 Å². The molecule has 2 rings (SSSR count). The fourth-order valence-electron chi connectivity index (χ4n) is 1.72. The van der Waals surface area contributed by atoms with Gasteiger partial charge in [0.2, 0.25) is 5.88 Å². The molecule has 0 aliphatic rings. The third-order valence-corrected chi connectivity index (χ3v) is 3.63. The normalized spacial score (nSPS) is 10.5. The van der Waals surface area contributed by atoms with Crippen LogP contribution in [0.3, 0.4) is 0 Å². The molecule has 0 radical (unpaired) electrons. The number of hydrogen-bond acceptors (Lipinski definition) is 3. The van der Waals surface area contributed by atoms with Crippen LogP contribution in [0, 0.1) is 0 Å². The first kappa shape index (κ1) is 18.5. The largest absolute Gasteiger partial charge is 0.497 e. The number of methoxy groups -OCH3 is 2. The monoisotopic (exact) mass is 365 g/mol. The minimum atomic E-state index is 0.0676. The molecule has 0 atom stereocenters. The second-order valence-corrected chi connectivity index (χ2v) is 6.33. The van der Waals surface area contributed by atoms with Gasteiger partial charge in [-0.25, -0.2) is 4.98 Å². The Bertz CT molecular complexity index is 565. The number of ether oxygens (including phenoxy) is 2. The SMILES string of the molecule is COc1ccccc1.COc1nc(C(C)(C)C)ccc1CBr. The van der Waals surface area contributed by atoms with E-state index in [0.717, 1.165) is 22.3 Å². The smallest absolute Gasteiger partial charge is 0.217 e. The Labute approximate surface area is 141 Å². The van der Waals surface area contributed by atoms with E-state index >= 15 is 0 Å². The molecular weight excluding hydrogens is 342 g/mol. The van der Waals surface area contributed by atoms with Crippen LogP contribution in [0.2, 0.25) is 0 Å². The maximum absolute atomic E-state index is 5.23. The molecule has 0 saturated carbocycles. The molecule has 4 heteroatoms. The molecule has 120 valence electrons. The molecule has 2 aromatic rings. The van der Waals surface area contributed by atoms with Gasteiger partial charge in [-0.3, -0.25) is 0 Å². The second kappa shape index (κ2) is 8.79. The number of rotatable bonds is 3. The Kier molecular flexibility index (Phi) is 7.39. The highest BCUT2D eigenvalue weighted by Gasteiger charge is 2.17. The average Bonchev–Trinajstić information content (AvgIpc) is 2.54. The molecule has 1 aromatic heterocycles. The zero-order chi connectivity index (χ0) is 16.6. The van der Waals surface area contributed by atoms with Gasteiger partial charge in [0, 0.05) is 22.0 Å². The number of halogens is 1. The van der Waals surface area contributed by atoms with Gasteiger partial charge in [0.05, 0.1) is 14.2 Å². The van der Waals surface area contributed by atoms with Gasteiger partial charge in [-0.15, -0.1) is 0 Å². The molecule has 0 N–H and O–H groups in total. The standard InChI is InChI=1S/C11H16BrNO.C7H8O/c1-11(2,3)9-6-5-8(7-12)10(13-9)14-4;1-8-7-5-3-2-4-6-7/h5-6H,7H2,1-4H3;2-6H,1H3. The van der Waals surface area contributed by atoms with Crippen molar-refractivity contribution >= 4 is 15.9 Å². The van der Waals surface area contributed by atoms with Crippen molar-refractivity contribution in [3.8, 4) is 11.6 Å². The van der Waals surface area contributed by atoms with E-state index in [2.05, 4.69) is 53.8 Å². The van der Waals surface area contributed by atoms with Gasteiger partial charge in [0.25, 0.3) is 0 Å². The number of pyridine rings is 1. The summed E-state index contributed by atoms with van der Waals surface area (Å²) in [4.78, 5) is 4.48. The molecule has 0 saturated heterocycles. The molecule has 1 aromatic carbocycles. The summed E-state index contributed by atoms with van der Waals surface area (Å²) in [5.74, 6) is 1.63. The lowest BCUT2D eigenvalue weighted by molar-refractivity contribution is 0.388. The van der Waals surface area contributed by atoms with Crippen LogP contribution >= 0.6 is 15.9 Å². The minimum Gasteiger partial charge on any atom is -0.497 e. The zero-order valence-electron chi connectivity index (χ0n) is 13.9. The van der Waals surface area contributed by atoms with Crippen LogP contribution in [-0.2, 0) is 10.7 Å².